The molecule has 1 atom stereocenters. The number of hydrazine groups is 1. The van der Waals surface area contributed by atoms with E-state index in [4.69, 9.17) is 10.5 Å². The quantitative estimate of drug-likeness (QED) is 0.499. The summed E-state index contributed by atoms with van der Waals surface area (Å²) in [6.07, 6.45) is 1.53. The Hall–Kier alpha value is -2.05. The second-order valence-electron chi connectivity index (χ2n) is 5.03. The van der Waals surface area contributed by atoms with E-state index in [0.29, 0.717) is 5.70 Å². The number of carbonyl (C=O) groups is 3. The van der Waals surface area contributed by atoms with Gasteiger partial charge >= 0.3 is 12.0 Å². The lowest BCUT2D eigenvalue weighted by Gasteiger charge is -2.36. The largest absolute Gasteiger partial charge is 0.465 e. The van der Waals surface area contributed by atoms with Crippen molar-refractivity contribution in [1.82, 2.24) is 10.9 Å². The maximum atomic E-state index is 12.0. The lowest BCUT2D eigenvalue weighted by atomic mass is 9.70. The molecule has 0 saturated carbocycles. The van der Waals surface area contributed by atoms with Crippen molar-refractivity contribution in [2.75, 3.05) is 6.61 Å². The molecule has 0 heterocycles. The SMILES string of the molecule is CCOC(=O)C1C(NNC(N)=O)=CC(=O)CC1(C)C. The van der Waals surface area contributed by atoms with Gasteiger partial charge in [-0.25, -0.2) is 4.79 Å². The summed E-state index contributed by atoms with van der Waals surface area (Å²) in [5.41, 5.74) is 9.32. The lowest BCUT2D eigenvalue weighted by Crippen LogP contribution is -2.48. The van der Waals surface area contributed by atoms with Gasteiger partial charge in [0.25, 0.3) is 0 Å². The van der Waals surface area contributed by atoms with Gasteiger partial charge in [0.1, 0.15) is 5.92 Å². The van der Waals surface area contributed by atoms with Crippen molar-refractivity contribution >= 4 is 17.8 Å². The van der Waals surface area contributed by atoms with Gasteiger partial charge in [0.05, 0.1) is 6.61 Å². The number of rotatable bonds is 4. The molecule has 0 bridgehead atoms. The highest BCUT2D eigenvalue weighted by Crippen LogP contribution is 2.39. The fraction of sp³-hybridized carbons (Fsp3) is 0.583. The second-order valence-corrected chi connectivity index (χ2v) is 5.03. The number of carbonyl (C=O) groups excluding carboxylic acids is 3. The third-order valence-corrected chi connectivity index (χ3v) is 2.89. The molecule has 7 heteroatoms. The minimum Gasteiger partial charge on any atom is -0.465 e. The number of ether oxygens (including phenoxy) is 1. The summed E-state index contributed by atoms with van der Waals surface area (Å²) in [5, 5.41) is 0. The summed E-state index contributed by atoms with van der Waals surface area (Å²) in [4.78, 5) is 34.4. The number of esters is 1. The Balaban J connectivity index is 3.01. The predicted octanol–water partition coefficient (Wildman–Crippen LogP) is 0.221. The van der Waals surface area contributed by atoms with E-state index in [9.17, 15) is 14.4 Å². The number of nitrogens with one attached hydrogen (secondary N) is 2. The number of hydrogen-bond donors (Lipinski definition) is 3. The molecule has 0 aliphatic heterocycles. The molecule has 1 rings (SSSR count). The van der Waals surface area contributed by atoms with Crippen LogP contribution in [0.2, 0.25) is 0 Å². The van der Waals surface area contributed by atoms with E-state index in [2.05, 4.69) is 10.9 Å². The van der Waals surface area contributed by atoms with Gasteiger partial charge < -0.3 is 15.9 Å². The maximum Gasteiger partial charge on any atom is 0.330 e. The molecule has 0 saturated heterocycles. The molecule has 7 nitrogen and oxygen atoms in total. The third kappa shape index (κ3) is 3.70. The van der Waals surface area contributed by atoms with Crippen molar-refractivity contribution < 1.29 is 19.1 Å². The summed E-state index contributed by atoms with van der Waals surface area (Å²) < 4.78 is 5.01. The summed E-state index contributed by atoms with van der Waals surface area (Å²) in [6.45, 7) is 5.55. The van der Waals surface area contributed by atoms with E-state index in [1.54, 1.807) is 20.8 Å². The van der Waals surface area contributed by atoms with E-state index in [-0.39, 0.29) is 18.8 Å². The number of hydrogen-bond acceptors (Lipinski definition) is 5. The minimum absolute atomic E-state index is 0.126. The molecular weight excluding hydrogens is 250 g/mol. The van der Waals surface area contributed by atoms with Crippen molar-refractivity contribution in [3.05, 3.63) is 11.8 Å². The molecule has 0 radical (unpaired) electrons. The number of primary amides is 1. The van der Waals surface area contributed by atoms with Gasteiger partial charge in [-0.3, -0.25) is 15.0 Å². The zero-order valence-electron chi connectivity index (χ0n) is 11.3. The van der Waals surface area contributed by atoms with Crippen LogP contribution in [0.4, 0.5) is 4.79 Å². The molecule has 2 amide bonds. The Morgan fingerprint density at radius 3 is 2.68 bits per heavy atom. The summed E-state index contributed by atoms with van der Waals surface area (Å²) in [5.74, 6) is -1.22. The summed E-state index contributed by atoms with van der Waals surface area (Å²) in [7, 11) is 0. The van der Waals surface area contributed by atoms with Crippen molar-refractivity contribution in [2.24, 2.45) is 17.1 Å². The first-order chi connectivity index (χ1) is 8.77. The predicted molar refractivity (Wildman–Crippen MR) is 67.5 cm³/mol. The first kappa shape index (κ1) is 15.0. The molecular formula is C12H19N3O4. The highest BCUT2D eigenvalue weighted by Gasteiger charge is 2.43. The number of amides is 2. The minimum atomic E-state index is -0.806. The molecule has 1 unspecified atom stereocenters. The van der Waals surface area contributed by atoms with Gasteiger partial charge in [-0.15, -0.1) is 0 Å². The second kappa shape index (κ2) is 5.73. The van der Waals surface area contributed by atoms with Gasteiger partial charge in [0.15, 0.2) is 5.78 Å². The molecule has 0 aromatic carbocycles. The van der Waals surface area contributed by atoms with Crippen LogP contribution in [0.1, 0.15) is 27.2 Å². The standard InChI is InChI=1S/C12H19N3O4/c1-4-19-10(17)9-8(14-15-11(13)18)5-7(16)6-12(9,2)3/h5,9,14H,4,6H2,1-3H3,(H3,13,15,18). The van der Waals surface area contributed by atoms with Gasteiger partial charge in [-0.1, -0.05) is 13.8 Å². The van der Waals surface area contributed by atoms with Gasteiger partial charge in [-0.05, 0) is 12.3 Å². The Morgan fingerprint density at radius 1 is 1.53 bits per heavy atom. The maximum absolute atomic E-state index is 12.0. The van der Waals surface area contributed by atoms with Crippen molar-refractivity contribution in [1.29, 1.82) is 0 Å². The highest BCUT2D eigenvalue weighted by atomic mass is 16.5. The Morgan fingerprint density at radius 2 is 2.16 bits per heavy atom. The normalized spacial score (nSPS) is 21.3. The van der Waals surface area contributed by atoms with Crippen LogP contribution in [-0.2, 0) is 14.3 Å². The zero-order chi connectivity index (χ0) is 14.6. The van der Waals surface area contributed by atoms with Crippen LogP contribution in [0.3, 0.4) is 0 Å². The van der Waals surface area contributed by atoms with Crippen molar-refractivity contribution in [3.63, 3.8) is 0 Å². The Bertz CT molecular complexity index is 429. The van der Waals surface area contributed by atoms with Crippen LogP contribution >= 0.6 is 0 Å². The van der Waals surface area contributed by atoms with E-state index in [1.165, 1.54) is 6.08 Å². The third-order valence-electron chi connectivity index (χ3n) is 2.89. The molecule has 106 valence electrons. The van der Waals surface area contributed by atoms with Gasteiger partial charge in [-0.2, -0.15) is 0 Å². The van der Waals surface area contributed by atoms with Crippen LogP contribution < -0.4 is 16.6 Å². The summed E-state index contributed by atoms with van der Waals surface area (Å²) >= 11 is 0. The van der Waals surface area contributed by atoms with Crippen LogP contribution in [0, 0.1) is 11.3 Å². The molecule has 1 aliphatic carbocycles. The smallest absolute Gasteiger partial charge is 0.330 e. The van der Waals surface area contributed by atoms with Crippen LogP contribution in [0.25, 0.3) is 0 Å². The van der Waals surface area contributed by atoms with Gasteiger partial charge in [0.2, 0.25) is 0 Å². The van der Waals surface area contributed by atoms with Crippen LogP contribution in [-0.4, -0.2) is 24.4 Å². The number of allylic oxidation sites excluding steroid dienone is 1. The van der Waals surface area contributed by atoms with Crippen LogP contribution in [0.5, 0.6) is 0 Å². The van der Waals surface area contributed by atoms with Crippen molar-refractivity contribution in [3.8, 4) is 0 Å². The summed E-state index contributed by atoms with van der Waals surface area (Å²) in [6, 6.07) is -0.806. The first-order valence-corrected chi connectivity index (χ1v) is 6.00. The number of nitrogens with two attached hydrogens (primary N) is 1. The Labute approximate surface area is 111 Å². The molecule has 0 aromatic rings. The fourth-order valence-corrected chi connectivity index (χ4v) is 2.19. The van der Waals surface area contributed by atoms with E-state index in [0.717, 1.165) is 0 Å². The lowest BCUT2D eigenvalue weighted by molar-refractivity contribution is -0.151. The molecule has 0 fully saturated rings. The van der Waals surface area contributed by atoms with Crippen molar-refractivity contribution in [2.45, 2.75) is 27.2 Å². The molecule has 0 aromatic heterocycles. The molecule has 19 heavy (non-hydrogen) atoms. The first-order valence-electron chi connectivity index (χ1n) is 6.00. The average Bonchev–Trinajstić information content (AvgIpc) is 2.23. The van der Waals surface area contributed by atoms with Crippen LogP contribution in [0.15, 0.2) is 11.8 Å². The van der Waals surface area contributed by atoms with E-state index >= 15 is 0 Å². The number of urea groups is 1. The number of ketones is 1. The topological polar surface area (TPSA) is 111 Å². The molecule has 4 N–H and O–H groups in total. The van der Waals surface area contributed by atoms with Gasteiger partial charge in [0, 0.05) is 18.2 Å². The fourth-order valence-electron chi connectivity index (χ4n) is 2.19. The average molecular weight is 269 g/mol. The highest BCUT2D eigenvalue weighted by molar-refractivity contribution is 5.94. The monoisotopic (exact) mass is 269 g/mol. The Kier molecular flexibility index (Phi) is 4.52. The van der Waals surface area contributed by atoms with E-state index in [1.807, 2.05) is 0 Å². The zero-order valence-corrected chi connectivity index (χ0v) is 11.3. The molecule has 0 spiro atoms. The molecule has 1 aliphatic rings. The van der Waals surface area contributed by atoms with E-state index < -0.39 is 23.3 Å².